The van der Waals surface area contributed by atoms with Crippen LogP contribution in [0.25, 0.3) is 0 Å². The molecule has 0 aromatic rings. The number of hydrogen-bond donors (Lipinski definition) is 2. The Morgan fingerprint density at radius 3 is 2.60 bits per heavy atom. The van der Waals surface area contributed by atoms with Gasteiger partial charge in [-0.15, -0.1) is 0 Å². The van der Waals surface area contributed by atoms with Crippen molar-refractivity contribution in [1.29, 1.82) is 0 Å². The number of aliphatic hydroxyl groups is 1. The second-order valence-corrected chi connectivity index (χ2v) is 6.46. The summed E-state index contributed by atoms with van der Waals surface area (Å²) in [4.78, 5) is 11.7. The maximum Gasteiger partial charge on any atom is 0.308 e. The van der Waals surface area contributed by atoms with Crippen molar-refractivity contribution in [3.05, 3.63) is 0 Å². The highest BCUT2D eigenvalue weighted by Gasteiger charge is 2.35. The van der Waals surface area contributed by atoms with Gasteiger partial charge in [0.05, 0.1) is 18.1 Å². The summed E-state index contributed by atoms with van der Waals surface area (Å²) in [5.74, 6) is 0.621. The molecule has 0 spiro atoms. The predicted molar refractivity (Wildman–Crippen MR) is 80.5 cm³/mol. The van der Waals surface area contributed by atoms with Crippen LogP contribution in [0.15, 0.2) is 0 Å². The molecular weight excluding hydrogens is 254 g/mol. The van der Waals surface area contributed by atoms with Crippen LogP contribution in [0.4, 0.5) is 0 Å². The standard InChI is InChI=1S/C16H31NO3/c1-4-20-15(18)14-7-9-16(19,10-8-14)12-17-11-5-6-13(2)3/h13-14,17,19H,4-12H2,1-3H3. The minimum atomic E-state index is -0.638. The van der Waals surface area contributed by atoms with Crippen LogP contribution in [-0.4, -0.2) is 36.4 Å². The van der Waals surface area contributed by atoms with E-state index in [-0.39, 0.29) is 11.9 Å². The molecule has 20 heavy (non-hydrogen) atoms. The molecule has 1 saturated carbocycles. The quantitative estimate of drug-likeness (QED) is 0.531. The van der Waals surface area contributed by atoms with Crippen molar-refractivity contribution in [3.8, 4) is 0 Å². The van der Waals surface area contributed by atoms with E-state index in [2.05, 4.69) is 19.2 Å². The number of ether oxygens (including phenoxy) is 1. The van der Waals surface area contributed by atoms with Crippen LogP contribution >= 0.6 is 0 Å². The summed E-state index contributed by atoms with van der Waals surface area (Å²) in [5.41, 5.74) is -0.638. The molecule has 118 valence electrons. The lowest BCUT2D eigenvalue weighted by molar-refractivity contribution is -0.151. The maximum atomic E-state index is 11.7. The number of carbonyl (C=O) groups excluding carboxylic acids is 1. The van der Waals surface area contributed by atoms with Crippen LogP contribution in [0.5, 0.6) is 0 Å². The first-order chi connectivity index (χ1) is 9.47. The Kier molecular flexibility index (Phi) is 7.52. The minimum Gasteiger partial charge on any atom is -0.466 e. The van der Waals surface area contributed by atoms with Crippen molar-refractivity contribution in [1.82, 2.24) is 5.32 Å². The molecule has 0 aliphatic heterocycles. The Morgan fingerprint density at radius 2 is 2.05 bits per heavy atom. The molecule has 1 aliphatic rings. The van der Waals surface area contributed by atoms with E-state index in [4.69, 9.17) is 4.74 Å². The topological polar surface area (TPSA) is 58.6 Å². The van der Waals surface area contributed by atoms with Gasteiger partial charge in [0, 0.05) is 6.54 Å². The van der Waals surface area contributed by atoms with Gasteiger partial charge in [0.25, 0.3) is 0 Å². The minimum absolute atomic E-state index is 0.0174. The molecule has 0 aromatic carbocycles. The highest BCUT2D eigenvalue weighted by Crippen LogP contribution is 2.32. The maximum absolute atomic E-state index is 11.7. The summed E-state index contributed by atoms with van der Waals surface area (Å²) >= 11 is 0. The number of nitrogens with one attached hydrogen (secondary N) is 1. The van der Waals surface area contributed by atoms with E-state index >= 15 is 0 Å². The lowest BCUT2D eigenvalue weighted by Crippen LogP contribution is -2.44. The summed E-state index contributed by atoms with van der Waals surface area (Å²) in [5, 5.41) is 13.8. The smallest absolute Gasteiger partial charge is 0.308 e. The second kappa shape index (κ2) is 8.63. The van der Waals surface area contributed by atoms with Gasteiger partial charge < -0.3 is 15.2 Å². The van der Waals surface area contributed by atoms with Gasteiger partial charge in [0.15, 0.2) is 0 Å². The van der Waals surface area contributed by atoms with Gasteiger partial charge in [-0.2, -0.15) is 0 Å². The third kappa shape index (κ3) is 6.23. The fourth-order valence-electron chi connectivity index (χ4n) is 2.78. The zero-order valence-corrected chi connectivity index (χ0v) is 13.3. The van der Waals surface area contributed by atoms with E-state index < -0.39 is 5.60 Å². The van der Waals surface area contributed by atoms with Gasteiger partial charge in [-0.25, -0.2) is 0 Å². The van der Waals surface area contributed by atoms with Crippen molar-refractivity contribution in [2.75, 3.05) is 19.7 Å². The average Bonchev–Trinajstić information content (AvgIpc) is 2.39. The Balaban J connectivity index is 2.19. The lowest BCUT2D eigenvalue weighted by atomic mass is 9.79. The van der Waals surface area contributed by atoms with Crippen LogP contribution in [0.3, 0.4) is 0 Å². The zero-order chi connectivity index (χ0) is 15.0. The first-order valence-electron chi connectivity index (χ1n) is 8.06. The van der Waals surface area contributed by atoms with E-state index in [0.29, 0.717) is 26.0 Å². The highest BCUT2D eigenvalue weighted by atomic mass is 16.5. The molecule has 0 saturated heterocycles. The molecular formula is C16H31NO3. The monoisotopic (exact) mass is 285 g/mol. The highest BCUT2D eigenvalue weighted by molar-refractivity contribution is 5.72. The van der Waals surface area contributed by atoms with Crippen molar-refractivity contribution in [2.45, 2.75) is 64.9 Å². The van der Waals surface area contributed by atoms with E-state index in [0.717, 1.165) is 31.7 Å². The van der Waals surface area contributed by atoms with Crippen LogP contribution in [0.1, 0.15) is 59.3 Å². The van der Waals surface area contributed by atoms with E-state index in [1.165, 1.54) is 6.42 Å². The van der Waals surface area contributed by atoms with Crippen LogP contribution in [-0.2, 0) is 9.53 Å². The zero-order valence-electron chi connectivity index (χ0n) is 13.3. The Hall–Kier alpha value is -0.610. The van der Waals surface area contributed by atoms with Crippen molar-refractivity contribution in [2.24, 2.45) is 11.8 Å². The molecule has 0 atom stereocenters. The average molecular weight is 285 g/mol. The molecule has 0 amide bonds. The van der Waals surface area contributed by atoms with E-state index in [1.807, 2.05) is 6.92 Å². The number of carbonyl (C=O) groups is 1. The number of esters is 1. The number of rotatable bonds is 8. The molecule has 4 nitrogen and oxygen atoms in total. The van der Waals surface area contributed by atoms with E-state index in [9.17, 15) is 9.90 Å². The first-order valence-corrected chi connectivity index (χ1v) is 8.06. The van der Waals surface area contributed by atoms with Gasteiger partial charge in [0.1, 0.15) is 0 Å². The Morgan fingerprint density at radius 1 is 1.40 bits per heavy atom. The largest absolute Gasteiger partial charge is 0.466 e. The third-order valence-electron chi connectivity index (χ3n) is 4.13. The molecule has 1 rings (SSSR count). The summed E-state index contributed by atoms with van der Waals surface area (Å²) in [7, 11) is 0. The fraction of sp³-hybridized carbons (Fsp3) is 0.938. The molecule has 0 aromatic heterocycles. The molecule has 2 N–H and O–H groups in total. The summed E-state index contributed by atoms with van der Waals surface area (Å²) < 4.78 is 5.05. The van der Waals surface area contributed by atoms with Gasteiger partial charge in [-0.3, -0.25) is 4.79 Å². The molecule has 0 heterocycles. The predicted octanol–water partition coefficient (Wildman–Crippen LogP) is 2.50. The number of hydrogen-bond acceptors (Lipinski definition) is 4. The molecule has 1 aliphatic carbocycles. The van der Waals surface area contributed by atoms with Gasteiger partial charge in [-0.05, 0) is 57.9 Å². The van der Waals surface area contributed by atoms with Gasteiger partial charge >= 0.3 is 5.97 Å². The summed E-state index contributed by atoms with van der Waals surface area (Å²) in [6, 6.07) is 0. The molecule has 0 bridgehead atoms. The summed E-state index contributed by atoms with van der Waals surface area (Å²) in [6.45, 7) is 8.33. The Labute approximate surface area is 123 Å². The van der Waals surface area contributed by atoms with Gasteiger partial charge in [-0.1, -0.05) is 13.8 Å². The third-order valence-corrected chi connectivity index (χ3v) is 4.13. The fourth-order valence-corrected chi connectivity index (χ4v) is 2.78. The van der Waals surface area contributed by atoms with Crippen LogP contribution in [0, 0.1) is 11.8 Å². The SMILES string of the molecule is CCOC(=O)C1CCC(O)(CNCCCC(C)C)CC1. The Bertz CT molecular complexity index is 283. The van der Waals surface area contributed by atoms with Crippen LogP contribution < -0.4 is 5.32 Å². The molecule has 0 radical (unpaired) electrons. The van der Waals surface area contributed by atoms with Crippen molar-refractivity contribution in [3.63, 3.8) is 0 Å². The lowest BCUT2D eigenvalue weighted by Gasteiger charge is -2.35. The molecule has 4 heteroatoms. The van der Waals surface area contributed by atoms with Crippen molar-refractivity contribution >= 4 is 5.97 Å². The van der Waals surface area contributed by atoms with Gasteiger partial charge in [0.2, 0.25) is 0 Å². The molecule has 1 fully saturated rings. The second-order valence-electron chi connectivity index (χ2n) is 6.46. The van der Waals surface area contributed by atoms with Crippen molar-refractivity contribution < 1.29 is 14.6 Å². The van der Waals surface area contributed by atoms with Crippen LogP contribution in [0.2, 0.25) is 0 Å². The van der Waals surface area contributed by atoms with E-state index in [1.54, 1.807) is 0 Å². The normalized spacial score (nSPS) is 26.8. The molecule has 0 unspecified atom stereocenters. The summed E-state index contributed by atoms with van der Waals surface area (Å²) in [6.07, 6.45) is 5.23. The first kappa shape index (κ1) is 17.4.